The first-order valence-corrected chi connectivity index (χ1v) is 6.99. The van der Waals surface area contributed by atoms with Crippen molar-refractivity contribution in [2.45, 2.75) is 19.8 Å². The summed E-state index contributed by atoms with van der Waals surface area (Å²) in [6, 6.07) is 8.57. The normalized spacial score (nSPS) is 14.1. The molecule has 100 valence electrons. The second kappa shape index (κ2) is 4.34. The number of rotatable bonds is 1. The number of anilines is 1. The lowest BCUT2D eigenvalue weighted by molar-refractivity contribution is 0.830. The van der Waals surface area contributed by atoms with E-state index in [-0.39, 0.29) is 0 Å². The summed E-state index contributed by atoms with van der Waals surface area (Å²) in [5, 5.41) is 3.43. The number of H-pyrrole nitrogens is 1. The molecule has 0 aliphatic carbocycles. The number of hydrogen-bond donors (Lipinski definition) is 2. The van der Waals surface area contributed by atoms with Crippen LogP contribution in [0.15, 0.2) is 30.5 Å². The second-order valence-corrected chi connectivity index (χ2v) is 5.37. The van der Waals surface area contributed by atoms with E-state index in [9.17, 15) is 0 Å². The Morgan fingerprint density at radius 1 is 1.20 bits per heavy atom. The summed E-state index contributed by atoms with van der Waals surface area (Å²) in [6.45, 7) is 3.11. The Morgan fingerprint density at radius 2 is 2.15 bits per heavy atom. The van der Waals surface area contributed by atoms with E-state index in [0.29, 0.717) is 0 Å². The van der Waals surface area contributed by atoms with Crippen molar-refractivity contribution in [3.63, 3.8) is 0 Å². The van der Waals surface area contributed by atoms with Crippen molar-refractivity contribution in [2.75, 3.05) is 11.9 Å². The number of aromatic amines is 1. The average molecular weight is 264 g/mol. The van der Waals surface area contributed by atoms with Crippen LogP contribution in [0, 0.1) is 6.92 Å². The molecule has 3 heterocycles. The highest BCUT2D eigenvalue weighted by atomic mass is 15.0. The maximum Gasteiger partial charge on any atom is 0.178 e. The molecule has 0 saturated heterocycles. The standard InChI is InChI=1S/C16H16N4/c1-10-7-14-16(18-9-10)20-15(19-14)12-4-5-13-11(8-12)3-2-6-17-13/h4-5,7-9,17H,2-3,6H2,1H3,(H,18,19,20). The summed E-state index contributed by atoms with van der Waals surface area (Å²) in [7, 11) is 0. The van der Waals surface area contributed by atoms with Crippen molar-refractivity contribution in [3.8, 4) is 11.4 Å². The fourth-order valence-electron chi connectivity index (χ4n) is 2.76. The van der Waals surface area contributed by atoms with E-state index in [1.165, 1.54) is 17.7 Å². The molecule has 0 unspecified atom stereocenters. The van der Waals surface area contributed by atoms with Crippen LogP contribution < -0.4 is 5.32 Å². The smallest absolute Gasteiger partial charge is 0.178 e. The number of aryl methyl sites for hydroxylation is 2. The van der Waals surface area contributed by atoms with Gasteiger partial charge in [0.2, 0.25) is 0 Å². The molecule has 1 aromatic carbocycles. The highest BCUT2D eigenvalue weighted by Crippen LogP contribution is 2.27. The molecule has 0 amide bonds. The largest absolute Gasteiger partial charge is 0.385 e. The third kappa shape index (κ3) is 1.84. The van der Waals surface area contributed by atoms with Crippen LogP contribution >= 0.6 is 0 Å². The molecule has 0 saturated carbocycles. The average Bonchev–Trinajstić information content (AvgIpc) is 2.89. The Bertz CT molecular complexity index is 788. The van der Waals surface area contributed by atoms with Gasteiger partial charge in [-0.3, -0.25) is 0 Å². The zero-order valence-corrected chi connectivity index (χ0v) is 11.4. The van der Waals surface area contributed by atoms with Gasteiger partial charge in [-0.05, 0) is 55.2 Å². The van der Waals surface area contributed by atoms with Gasteiger partial charge in [0, 0.05) is 24.0 Å². The molecule has 0 atom stereocenters. The van der Waals surface area contributed by atoms with E-state index in [1.54, 1.807) is 0 Å². The van der Waals surface area contributed by atoms with Gasteiger partial charge in [-0.15, -0.1) is 0 Å². The lowest BCUT2D eigenvalue weighted by Crippen LogP contribution is -2.11. The third-order valence-electron chi connectivity index (χ3n) is 3.79. The minimum absolute atomic E-state index is 0.779. The Morgan fingerprint density at radius 3 is 3.10 bits per heavy atom. The molecule has 0 spiro atoms. The fraction of sp³-hybridized carbons (Fsp3) is 0.250. The number of imidazole rings is 1. The molecule has 20 heavy (non-hydrogen) atoms. The molecule has 0 bridgehead atoms. The van der Waals surface area contributed by atoms with Crippen LogP contribution in [0.2, 0.25) is 0 Å². The summed E-state index contributed by atoms with van der Waals surface area (Å²) in [6.07, 6.45) is 4.18. The van der Waals surface area contributed by atoms with Crippen molar-refractivity contribution in [2.24, 2.45) is 0 Å². The molecule has 1 aliphatic heterocycles. The van der Waals surface area contributed by atoms with Gasteiger partial charge in [0.15, 0.2) is 5.65 Å². The summed E-state index contributed by atoms with van der Waals surface area (Å²) in [5.41, 5.74) is 6.67. The predicted molar refractivity (Wildman–Crippen MR) is 80.9 cm³/mol. The predicted octanol–water partition coefficient (Wildman–Crippen LogP) is 3.29. The van der Waals surface area contributed by atoms with Gasteiger partial charge in [-0.1, -0.05) is 0 Å². The maximum atomic E-state index is 4.59. The Balaban J connectivity index is 1.82. The topological polar surface area (TPSA) is 53.6 Å². The quantitative estimate of drug-likeness (QED) is 0.709. The van der Waals surface area contributed by atoms with Gasteiger partial charge in [0.1, 0.15) is 5.82 Å². The molecule has 0 radical (unpaired) electrons. The van der Waals surface area contributed by atoms with Crippen LogP contribution in [0.1, 0.15) is 17.5 Å². The number of aromatic nitrogens is 3. The van der Waals surface area contributed by atoms with Gasteiger partial charge in [-0.2, -0.15) is 0 Å². The van der Waals surface area contributed by atoms with Crippen molar-refractivity contribution < 1.29 is 0 Å². The van der Waals surface area contributed by atoms with E-state index in [2.05, 4.69) is 44.5 Å². The SMILES string of the molecule is Cc1cnc2nc(-c3ccc4c(c3)CCCN4)[nH]c2c1. The Kier molecular flexibility index (Phi) is 2.49. The summed E-state index contributed by atoms with van der Waals surface area (Å²) >= 11 is 0. The van der Waals surface area contributed by atoms with Crippen LogP contribution in [-0.2, 0) is 6.42 Å². The lowest BCUT2D eigenvalue weighted by Gasteiger charge is -2.18. The van der Waals surface area contributed by atoms with Crippen LogP contribution in [0.3, 0.4) is 0 Å². The molecule has 4 rings (SSSR count). The van der Waals surface area contributed by atoms with Gasteiger partial charge in [0.25, 0.3) is 0 Å². The van der Waals surface area contributed by atoms with Gasteiger partial charge in [-0.25, -0.2) is 9.97 Å². The van der Waals surface area contributed by atoms with Crippen LogP contribution in [0.4, 0.5) is 5.69 Å². The van der Waals surface area contributed by atoms with E-state index < -0.39 is 0 Å². The van der Waals surface area contributed by atoms with Crippen molar-refractivity contribution in [1.29, 1.82) is 0 Å². The summed E-state index contributed by atoms with van der Waals surface area (Å²) in [4.78, 5) is 12.3. The zero-order valence-electron chi connectivity index (χ0n) is 11.4. The second-order valence-electron chi connectivity index (χ2n) is 5.37. The molecule has 2 N–H and O–H groups in total. The molecule has 2 aromatic heterocycles. The van der Waals surface area contributed by atoms with E-state index in [1.807, 2.05) is 13.1 Å². The first kappa shape index (κ1) is 11.5. The Hall–Kier alpha value is -2.36. The monoisotopic (exact) mass is 264 g/mol. The molecular weight excluding hydrogens is 248 g/mol. The molecular formula is C16H16N4. The van der Waals surface area contributed by atoms with Crippen molar-refractivity contribution in [1.82, 2.24) is 15.0 Å². The molecule has 4 heteroatoms. The number of nitrogens with one attached hydrogen (secondary N) is 2. The number of pyridine rings is 1. The highest BCUT2D eigenvalue weighted by Gasteiger charge is 2.12. The molecule has 3 aromatic rings. The van der Waals surface area contributed by atoms with Crippen LogP contribution in [-0.4, -0.2) is 21.5 Å². The lowest BCUT2D eigenvalue weighted by atomic mass is 10.0. The Labute approximate surface area is 117 Å². The number of benzene rings is 1. The van der Waals surface area contributed by atoms with E-state index >= 15 is 0 Å². The van der Waals surface area contributed by atoms with E-state index in [4.69, 9.17) is 0 Å². The number of fused-ring (bicyclic) bond motifs is 2. The number of hydrogen-bond acceptors (Lipinski definition) is 3. The minimum atomic E-state index is 0.779. The maximum absolute atomic E-state index is 4.59. The minimum Gasteiger partial charge on any atom is -0.385 e. The first-order valence-electron chi connectivity index (χ1n) is 6.99. The first-order chi connectivity index (χ1) is 9.79. The van der Waals surface area contributed by atoms with Crippen LogP contribution in [0.5, 0.6) is 0 Å². The van der Waals surface area contributed by atoms with Gasteiger partial charge < -0.3 is 10.3 Å². The summed E-state index contributed by atoms with van der Waals surface area (Å²) < 4.78 is 0. The van der Waals surface area contributed by atoms with E-state index in [0.717, 1.165) is 41.1 Å². The summed E-state index contributed by atoms with van der Waals surface area (Å²) in [5.74, 6) is 0.895. The molecule has 0 fully saturated rings. The van der Waals surface area contributed by atoms with Gasteiger partial charge >= 0.3 is 0 Å². The van der Waals surface area contributed by atoms with Crippen molar-refractivity contribution in [3.05, 3.63) is 41.6 Å². The van der Waals surface area contributed by atoms with Crippen LogP contribution in [0.25, 0.3) is 22.6 Å². The third-order valence-corrected chi connectivity index (χ3v) is 3.79. The fourth-order valence-corrected chi connectivity index (χ4v) is 2.76. The van der Waals surface area contributed by atoms with Crippen molar-refractivity contribution >= 4 is 16.9 Å². The molecule has 1 aliphatic rings. The number of nitrogens with zero attached hydrogens (tertiary/aromatic N) is 2. The zero-order chi connectivity index (χ0) is 13.5. The molecule has 4 nitrogen and oxygen atoms in total. The van der Waals surface area contributed by atoms with Gasteiger partial charge in [0.05, 0.1) is 5.52 Å². The highest BCUT2D eigenvalue weighted by molar-refractivity contribution is 5.77.